The van der Waals surface area contributed by atoms with Crippen molar-refractivity contribution < 1.29 is 9.50 Å². The number of hydrogen-bond donors (Lipinski definition) is 1. The number of hydrogen-bond acceptors (Lipinski definition) is 4. The van der Waals surface area contributed by atoms with Gasteiger partial charge in [-0.3, -0.25) is 13.9 Å². The minimum absolute atomic E-state index is 0.0324. The Balaban J connectivity index is 0.00000132. The molecule has 0 saturated heterocycles. The number of phenolic OH excluding ortho intramolecular Hbond substituents is 1. The Kier molecular flexibility index (Phi) is 6.10. The zero-order valence-electron chi connectivity index (χ0n) is 18.2. The summed E-state index contributed by atoms with van der Waals surface area (Å²) in [7, 11) is 2.92. The first-order valence-electron chi connectivity index (χ1n) is 9.99. The molecule has 8 heteroatoms. The van der Waals surface area contributed by atoms with Crippen LogP contribution in [0.15, 0.2) is 52.1 Å². The van der Waals surface area contributed by atoms with Crippen LogP contribution in [-0.4, -0.2) is 23.8 Å². The van der Waals surface area contributed by atoms with Gasteiger partial charge in [0.15, 0.2) is 11.2 Å². The third-order valence-corrected chi connectivity index (χ3v) is 5.12. The van der Waals surface area contributed by atoms with E-state index in [1.165, 1.54) is 36.9 Å². The molecule has 0 aliphatic carbocycles. The van der Waals surface area contributed by atoms with Crippen LogP contribution in [0.4, 0.5) is 4.39 Å². The Morgan fingerprint density at radius 3 is 2.35 bits per heavy atom. The number of aryl methyl sites for hydroxylation is 2. The molecule has 0 atom stereocenters. The van der Waals surface area contributed by atoms with Gasteiger partial charge in [0.1, 0.15) is 17.4 Å². The van der Waals surface area contributed by atoms with E-state index >= 15 is 0 Å². The van der Waals surface area contributed by atoms with E-state index in [2.05, 4.69) is 4.98 Å². The quantitative estimate of drug-likeness (QED) is 0.547. The summed E-state index contributed by atoms with van der Waals surface area (Å²) in [5.41, 5.74) is 1.07. The molecule has 162 valence electrons. The molecule has 0 unspecified atom stereocenters. The van der Waals surface area contributed by atoms with Crippen molar-refractivity contribution in [3.05, 3.63) is 80.2 Å². The molecule has 4 aromatic rings. The molecule has 1 N–H and O–H groups in total. The number of imidazole rings is 1. The molecule has 0 radical (unpaired) electrons. The van der Waals surface area contributed by atoms with Crippen molar-refractivity contribution >= 4 is 11.2 Å². The lowest BCUT2D eigenvalue weighted by Gasteiger charge is -2.13. The average Bonchev–Trinajstić information content (AvgIpc) is 3.14. The number of phenols is 1. The zero-order valence-corrected chi connectivity index (χ0v) is 18.2. The van der Waals surface area contributed by atoms with Crippen LogP contribution < -0.4 is 11.2 Å². The highest BCUT2D eigenvalue weighted by Gasteiger charge is 2.21. The first kappa shape index (κ1) is 22.0. The van der Waals surface area contributed by atoms with Gasteiger partial charge in [0.25, 0.3) is 5.56 Å². The Hall–Kier alpha value is -3.68. The number of aromatic hydroxyl groups is 1. The van der Waals surface area contributed by atoms with Gasteiger partial charge < -0.3 is 9.67 Å². The molecule has 2 aromatic heterocycles. The molecule has 0 aliphatic rings. The van der Waals surface area contributed by atoms with Gasteiger partial charge in [-0.25, -0.2) is 14.2 Å². The summed E-state index contributed by atoms with van der Waals surface area (Å²) in [5, 5.41) is 9.90. The van der Waals surface area contributed by atoms with Crippen molar-refractivity contribution in [2.75, 3.05) is 0 Å². The Labute approximate surface area is 178 Å². The fourth-order valence-electron chi connectivity index (χ4n) is 3.49. The molecule has 0 amide bonds. The number of aromatic nitrogens is 4. The number of fused-ring (bicyclic) bond motifs is 1. The predicted octanol–water partition coefficient (Wildman–Crippen LogP) is 3.33. The Morgan fingerprint density at radius 2 is 1.71 bits per heavy atom. The van der Waals surface area contributed by atoms with Gasteiger partial charge in [-0.05, 0) is 30.7 Å². The molecule has 4 rings (SSSR count). The second-order valence-corrected chi connectivity index (χ2v) is 6.99. The summed E-state index contributed by atoms with van der Waals surface area (Å²) >= 11 is 0. The molecule has 2 heterocycles. The fourth-order valence-corrected chi connectivity index (χ4v) is 3.49. The zero-order chi connectivity index (χ0) is 22.9. The van der Waals surface area contributed by atoms with Gasteiger partial charge in [-0.1, -0.05) is 38.1 Å². The van der Waals surface area contributed by atoms with Crippen LogP contribution in [-0.2, 0) is 20.6 Å². The summed E-state index contributed by atoms with van der Waals surface area (Å²) < 4.78 is 18.4. The maximum absolute atomic E-state index is 14.6. The first-order chi connectivity index (χ1) is 14.8. The molecule has 0 fully saturated rings. The molecule has 7 nitrogen and oxygen atoms in total. The van der Waals surface area contributed by atoms with E-state index < -0.39 is 17.1 Å². The second kappa shape index (κ2) is 8.59. The summed E-state index contributed by atoms with van der Waals surface area (Å²) in [6.07, 6.45) is 0. The molecule has 2 aromatic carbocycles. The maximum Gasteiger partial charge on any atom is 0.332 e. The van der Waals surface area contributed by atoms with Crippen LogP contribution >= 0.6 is 0 Å². The molecular weight excluding hydrogens is 399 g/mol. The van der Waals surface area contributed by atoms with Crippen LogP contribution in [0.5, 0.6) is 5.75 Å². The summed E-state index contributed by atoms with van der Waals surface area (Å²) in [4.78, 5) is 29.8. The lowest BCUT2D eigenvalue weighted by molar-refractivity contribution is 0.475. The van der Waals surface area contributed by atoms with E-state index in [4.69, 9.17) is 0 Å². The van der Waals surface area contributed by atoms with Crippen molar-refractivity contribution in [1.29, 1.82) is 0 Å². The first-order valence-corrected chi connectivity index (χ1v) is 9.99. The number of nitrogens with zero attached hydrogens (tertiary/aromatic N) is 4. The average molecular weight is 424 g/mol. The summed E-state index contributed by atoms with van der Waals surface area (Å²) in [5.74, 6) is -0.00262. The van der Waals surface area contributed by atoms with Crippen molar-refractivity contribution in [1.82, 2.24) is 18.7 Å². The molecule has 0 aliphatic heterocycles. The largest absolute Gasteiger partial charge is 0.508 e. The smallest absolute Gasteiger partial charge is 0.332 e. The minimum Gasteiger partial charge on any atom is -0.508 e. The third-order valence-electron chi connectivity index (χ3n) is 5.12. The van der Waals surface area contributed by atoms with Crippen molar-refractivity contribution in [2.24, 2.45) is 14.1 Å². The lowest BCUT2D eigenvalue weighted by atomic mass is 10.1. The highest BCUT2D eigenvalue weighted by molar-refractivity contribution is 5.77. The van der Waals surface area contributed by atoms with Crippen LogP contribution in [0.25, 0.3) is 22.6 Å². The molecular formula is C23H25FN4O3. The van der Waals surface area contributed by atoms with Gasteiger partial charge >= 0.3 is 5.69 Å². The second-order valence-electron chi connectivity index (χ2n) is 6.99. The van der Waals surface area contributed by atoms with E-state index in [-0.39, 0.29) is 23.5 Å². The van der Waals surface area contributed by atoms with E-state index in [1.54, 1.807) is 35.8 Å². The summed E-state index contributed by atoms with van der Waals surface area (Å²) in [6, 6.07) is 11.2. The van der Waals surface area contributed by atoms with Gasteiger partial charge in [0.05, 0.1) is 6.54 Å². The Bertz CT molecular complexity index is 1360. The topological polar surface area (TPSA) is 82.1 Å². The standard InChI is InChI=1S/C21H19FN4O3.C2H6/c1-12-6-4-9-16(22)15(12)11-26-17-19(24(2)21(29)25(3)20(17)28)23-18(26)13-7-5-8-14(27)10-13;1-2/h4-10,27H,11H2,1-3H3;1-2H3. The van der Waals surface area contributed by atoms with Gasteiger partial charge in [0, 0.05) is 25.2 Å². The number of rotatable bonds is 3. The SMILES string of the molecule is CC.Cc1cccc(F)c1Cn1c(-c2cccc(O)c2)nc2c1c(=O)n(C)c(=O)n2C. The molecule has 0 bridgehead atoms. The maximum atomic E-state index is 14.6. The fraction of sp³-hybridized carbons (Fsp3) is 0.261. The number of benzene rings is 2. The lowest BCUT2D eigenvalue weighted by Crippen LogP contribution is -2.37. The number of halogens is 1. The van der Waals surface area contributed by atoms with Gasteiger partial charge in [-0.15, -0.1) is 0 Å². The highest BCUT2D eigenvalue weighted by Crippen LogP contribution is 2.27. The van der Waals surface area contributed by atoms with Crippen LogP contribution in [0.2, 0.25) is 0 Å². The Morgan fingerprint density at radius 1 is 1.03 bits per heavy atom. The van der Waals surface area contributed by atoms with Crippen molar-refractivity contribution in [3.8, 4) is 17.1 Å². The normalized spacial score (nSPS) is 10.8. The third kappa shape index (κ3) is 3.76. The van der Waals surface area contributed by atoms with E-state index in [0.29, 0.717) is 17.0 Å². The van der Waals surface area contributed by atoms with Gasteiger partial charge in [-0.2, -0.15) is 0 Å². The monoisotopic (exact) mass is 424 g/mol. The van der Waals surface area contributed by atoms with Gasteiger partial charge in [0.2, 0.25) is 0 Å². The van der Waals surface area contributed by atoms with Crippen LogP contribution in [0.1, 0.15) is 25.0 Å². The van der Waals surface area contributed by atoms with Crippen LogP contribution in [0, 0.1) is 12.7 Å². The van der Waals surface area contributed by atoms with E-state index in [0.717, 1.165) is 10.1 Å². The molecule has 0 spiro atoms. The predicted molar refractivity (Wildman–Crippen MR) is 119 cm³/mol. The van der Waals surface area contributed by atoms with E-state index in [1.807, 2.05) is 13.8 Å². The molecule has 0 saturated carbocycles. The van der Waals surface area contributed by atoms with Crippen LogP contribution in [0.3, 0.4) is 0 Å². The van der Waals surface area contributed by atoms with Crippen molar-refractivity contribution in [2.45, 2.75) is 27.3 Å². The molecule has 31 heavy (non-hydrogen) atoms. The van der Waals surface area contributed by atoms with Crippen molar-refractivity contribution in [3.63, 3.8) is 0 Å². The minimum atomic E-state index is -0.518. The van der Waals surface area contributed by atoms with E-state index in [9.17, 15) is 19.1 Å². The summed E-state index contributed by atoms with van der Waals surface area (Å²) in [6.45, 7) is 5.84. The highest BCUT2D eigenvalue weighted by atomic mass is 19.1.